The Morgan fingerprint density at radius 1 is 1.62 bits per heavy atom. The highest BCUT2D eigenvalue weighted by atomic mass is 16.6. The minimum atomic E-state index is -0.656. The van der Waals surface area contributed by atoms with E-state index in [4.69, 9.17) is 4.74 Å². The van der Waals surface area contributed by atoms with Crippen molar-refractivity contribution in [1.29, 1.82) is 0 Å². The second kappa shape index (κ2) is 5.75. The Morgan fingerprint density at radius 2 is 2.15 bits per heavy atom. The minimum absolute atomic E-state index is 0.139. The fraction of sp³-hybridized carbons (Fsp3) is 0.600. The number of ether oxygens (including phenoxy) is 1. The van der Waals surface area contributed by atoms with Crippen molar-refractivity contribution in [3.05, 3.63) is 19.6 Å². The third-order valence-electron chi connectivity index (χ3n) is 1.65. The number of aliphatic hydroxyl groups is 1. The number of carbonyl (C=O) groups is 1. The number of carbonyl (C=O) groups excluding carboxylic acids is 1. The van der Waals surface area contributed by atoms with Crippen LogP contribution in [0.25, 0.3) is 0 Å². The number of rotatable bonds is 5. The molecule has 3 heteroatoms. The van der Waals surface area contributed by atoms with Gasteiger partial charge in [0.15, 0.2) is 0 Å². The molecule has 0 aliphatic carbocycles. The zero-order valence-electron chi connectivity index (χ0n) is 8.19. The molecule has 0 fully saturated rings. The van der Waals surface area contributed by atoms with Crippen LogP contribution in [0.2, 0.25) is 0 Å². The van der Waals surface area contributed by atoms with Crippen molar-refractivity contribution < 1.29 is 14.6 Å². The van der Waals surface area contributed by atoms with Gasteiger partial charge in [-0.05, 0) is 19.3 Å². The van der Waals surface area contributed by atoms with Crippen molar-refractivity contribution in [3.63, 3.8) is 0 Å². The highest BCUT2D eigenvalue weighted by Gasteiger charge is 2.18. The van der Waals surface area contributed by atoms with Crippen LogP contribution in [0.3, 0.4) is 0 Å². The second-order valence-corrected chi connectivity index (χ2v) is 3.25. The SMILES string of the molecule is [CH2]C(C)CC(O)C(C)OC(=O)C=C. The monoisotopic (exact) mass is 185 g/mol. The first-order valence-corrected chi connectivity index (χ1v) is 4.31. The van der Waals surface area contributed by atoms with Crippen LogP contribution >= 0.6 is 0 Å². The summed E-state index contributed by atoms with van der Waals surface area (Å²) < 4.78 is 4.83. The predicted molar refractivity (Wildman–Crippen MR) is 50.9 cm³/mol. The molecule has 3 unspecified atom stereocenters. The average molecular weight is 185 g/mol. The van der Waals surface area contributed by atoms with E-state index < -0.39 is 18.2 Å². The molecule has 3 atom stereocenters. The van der Waals surface area contributed by atoms with Crippen LogP contribution < -0.4 is 0 Å². The van der Waals surface area contributed by atoms with Gasteiger partial charge in [0, 0.05) is 6.08 Å². The van der Waals surface area contributed by atoms with E-state index in [2.05, 4.69) is 13.5 Å². The highest BCUT2D eigenvalue weighted by Crippen LogP contribution is 2.10. The predicted octanol–water partition coefficient (Wildman–Crippen LogP) is 1.33. The summed E-state index contributed by atoms with van der Waals surface area (Å²) in [6.07, 6.45) is 0.439. The van der Waals surface area contributed by atoms with E-state index in [1.807, 2.05) is 6.92 Å². The molecule has 0 rings (SSSR count). The van der Waals surface area contributed by atoms with Crippen LogP contribution in [0.1, 0.15) is 20.3 Å². The quantitative estimate of drug-likeness (QED) is 0.519. The fourth-order valence-corrected chi connectivity index (χ4v) is 0.914. The third kappa shape index (κ3) is 5.42. The Labute approximate surface area is 79.4 Å². The first-order chi connectivity index (χ1) is 5.97. The van der Waals surface area contributed by atoms with Crippen LogP contribution in [0.5, 0.6) is 0 Å². The number of aliphatic hydroxyl groups excluding tert-OH is 1. The van der Waals surface area contributed by atoms with E-state index in [-0.39, 0.29) is 5.92 Å². The van der Waals surface area contributed by atoms with Crippen LogP contribution in [0, 0.1) is 12.8 Å². The van der Waals surface area contributed by atoms with Crippen LogP contribution in [-0.4, -0.2) is 23.3 Å². The molecule has 0 aromatic rings. The molecule has 0 heterocycles. The molecule has 0 aliphatic heterocycles. The maximum atomic E-state index is 10.7. The molecular formula is C10H17O3. The molecule has 0 aromatic heterocycles. The molecule has 0 saturated heterocycles. The lowest BCUT2D eigenvalue weighted by atomic mass is 10.0. The largest absolute Gasteiger partial charge is 0.457 e. The standard InChI is InChI=1S/C10H17O3/c1-5-10(12)13-8(4)9(11)6-7(2)3/h5,7-9,11H,1-2,6H2,3-4H3. The Balaban J connectivity index is 3.88. The molecule has 0 aromatic carbocycles. The van der Waals surface area contributed by atoms with Gasteiger partial charge in [-0.3, -0.25) is 0 Å². The molecule has 0 saturated carbocycles. The number of esters is 1. The summed E-state index contributed by atoms with van der Waals surface area (Å²) in [4.78, 5) is 10.7. The van der Waals surface area contributed by atoms with Gasteiger partial charge in [-0.15, -0.1) is 0 Å². The van der Waals surface area contributed by atoms with Gasteiger partial charge >= 0.3 is 5.97 Å². The minimum Gasteiger partial charge on any atom is -0.457 e. The molecule has 0 aliphatic rings. The van der Waals surface area contributed by atoms with Gasteiger partial charge in [-0.25, -0.2) is 4.79 Å². The summed E-state index contributed by atoms with van der Waals surface area (Å²) >= 11 is 0. The van der Waals surface area contributed by atoms with Crippen molar-refractivity contribution in [2.75, 3.05) is 0 Å². The van der Waals surface area contributed by atoms with E-state index in [1.165, 1.54) is 0 Å². The molecule has 1 N–H and O–H groups in total. The summed E-state index contributed by atoms with van der Waals surface area (Å²) in [5.41, 5.74) is 0. The smallest absolute Gasteiger partial charge is 0.330 e. The van der Waals surface area contributed by atoms with Crippen molar-refractivity contribution >= 4 is 5.97 Å². The molecular weight excluding hydrogens is 168 g/mol. The molecule has 0 amide bonds. The van der Waals surface area contributed by atoms with E-state index >= 15 is 0 Å². The average Bonchev–Trinajstić information content (AvgIpc) is 2.02. The van der Waals surface area contributed by atoms with Gasteiger partial charge in [0.25, 0.3) is 0 Å². The van der Waals surface area contributed by atoms with E-state index in [0.29, 0.717) is 6.42 Å². The van der Waals surface area contributed by atoms with Gasteiger partial charge in [0.1, 0.15) is 6.10 Å². The van der Waals surface area contributed by atoms with Crippen LogP contribution in [0.4, 0.5) is 0 Å². The van der Waals surface area contributed by atoms with E-state index in [9.17, 15) is 9.90 Å². The third-order valence-corrected chi connectivity index (χ3v) is 1.65. The lowest BCUT2D eigenvalue weighted by Crippen LogP contribution is -2.29. The van der Waals surface area contributed by atoms with Gasteiger partial charge < -0.3 is 9.84 Å². The van der Waals surface area contributed by atoms with E-state index in [0.717, 1.165) is 6.08 Å². The first-order valence-electron chi connectivity index (χ1n) is 4.31. The van der Waals surface area contributed by atoms with Gasteiger partial charge in [-0.1, -0.05) is 20.4 Å². The Bertz CT molecular complexity index is 175. The summed E-state index contributed by atoms with van der Waals surface area (Å²) in [6, 6.07) is 0. The maximum absolute atomic E-state index is 10.7. The van der Waals surface area contributed by atoms with Crippen LogP contribution in [0.15, 0.2) is 12.7 Å². The van der Waals surface area contributed by atoms with Crippen molar-refractivity contribution in [1.82, 2.24) is 0 Å². The number of hydrogen-bond donors (Lipinski definition) is 1. The molecule has 13 heavy (non-hydrogen) atoms. The van der Waals surface area contributed by atoms with Crippen molar-refractivity contribution in [3.8, 4) is 0 Å². The highest BCUT2D eigenvalue weighted by molar-refractivity contribution is 5.81. The zero-order valence-corrected chi connectivity index (χ0v) is 8.19. The summed E-state index contributed by atoms with van der Waals surface area (Å²) in [5.74, 6) is -0.372. The van der Waals surface area contributed by atoms with Gasteiger partial charge in [-0.2, -0.15) is 0 Å². The lowest BCUT2D eigenvalue weighted by Gasteiger charge is -2.19. The zero-order chi connectivity index (χ0) is 10.4. The van der Waals surface area contributed by atoms with Crippen LogP contribution in [-0.2, 0) is 9.53 Å². The molecule has 3 nitrogen and oxygen atoms in total. The maximum Gasteiger partial charge on any atom is 0.330 e. The number of hydrogen-bond acceptors (Lipinski definition) is 3. The molecule has 1 radical (unpaired) electrons. The Morgan fingerprint density at radius 3 is 2.54 bits per heavy atom. The molecule has 0 bridgehead atoms. The Hall–Kier alpha value is -0.830. The Kier molecular flexibility index (Phi) is 5.39. The summed E-state index contributed by atoms with van der Waals surface area (Å²) in [7, 11) is 0. The normalized spacial score (nSPS) is 15.2. The van der Waals surface area contributed by atoms with Gasteiger partial charge in [0.05, 0.1) is 6.10 Å². The second-order valence-electron chi connectivity index (χ2n) is 3.25. The lowest BCUT2D eigenvalue weighted by molar-refractivity contribution is -0.148. The topological polar surface area (TPSA) is 46.5 Å². The first kappa shape index (κ1) is 12.2. The fourth-order valence-electron chi connectivity index (χ4n) is 0.914. The van der Waals surface area contributed by atoms with Crippen molar-refractivity contribution in [2.24, 2.45) is 5.92 Å². The summed E-state index contributed by atoms with van der Waals surface area (Å²) in [6.45, 7) is 10.5. The summed E-state index contributed by atoms with van der Waals surface area (Å²) in [5, 5.41) is 9.48. The van der Waals surface area contributed by atoms with Crippen molar-refractivity contribution in [2.45, 2.75) is 32.5 Å². The molecule has 0 spiro atoms. The van der Waals surface area contributed by atoms with E-state index in [1.54, 1.807) is 6.92 Å². The van der Waals surface area contributed by atoms with Gasteiger partial charge in [0.2, 0.25) is 0 Å². The molecule has 75 valence electrons.